The van der Waals surface area contributed by atoms with Gasteiger partial charge in [0.15, 0.2) is 17.9 Å². The van der Waals surface area contributed by atoms with E-state index < -0.39 is 102 Å². The average Bonchev–Trinajstić information content (AvgIpc) is 3.02. The molecule has 0 spiro atoms. The number of carbonyl (C=O) groups is 4. The molecule has 14 nitrogen and oxygen atoms in total. The lowest BCUT2D eigenvalue weighted by Crippen LogP contribution is -2.56. The number of phenolic OH excluding ortho intramolecular Hbond substituents is 2. The number of thiol groups is 1. The van der Waals surface area contributed by atoms with E-state index in [0.717, 1.165) is 0 Å². The number of amides is 1. The lowest BCUT2D eigenvalue weighted by atomic mass is 9.72. The fraction of sp³-hybridized carbons (Fsp3) is 0.467. The first kappa shape index (κ1) is 34.0. The minimum atomic E-state index is -2.32. The van der Waals surface area contributed by atoms with Gasteiger partial charge in [0.05, 0.1) is 42.0 Å². The Kier molecular flexibility index (Phi) is 9.89. The maximum absolute atomic E-state index is 13.8. The fourth-order valence-corrected chi connectivity index (χ4v) is 6.60. The van der Waals surface area contributed by atoms with E-state index in [9.17, 15) is 44.7 Å². The highest BCUT2D eigenvalue weighted by Gasteiger charge is 2.50. The van der Waals surface area contributed by atoms with Crippen molar-refractivity contribution in [1.82, 2.24) is 5.32 Å². The van der Waals surface area contributed by atoms with Crippen molar-refractivity contribution < 1.29 is 63.7 Å². The van der Waals surface area contributed by atoms with Crippen LogP contribution < -0.4 is 10.1 Å². The predicted octanol–water partition coefficient (Wildman–Crippen LogP) is 1.35. The Hall–Kier alpha value is -3.38. The molecule has 1 saturated heterocycles. The van der Waals surface area contributed by atoms with Gasteiger partial charge in [-0.25, -0.2) is 4.79 Å². The first-order valence-electron chi connectivity index (χ1n) is 14.3. The molecule has 2 aromatic rings. The zero-order chi connectivity index (χ0) is 33.5. The number of Topliss-reactive ketones (excluding diaryl/α,β-unsaturated/α-hetero) is 1. The third-order valence-electron chi connectivity index (χ3n) is 8.47. The van der Waals surface area contributed by atoms with Gasteiger partial charge in [0.2, 0.25) is 5.78 Å². The third kappa shape index (κ3) is 5.94. The van der Waals surface area contributed by atoms with Gasteiger partial charge in [-0.15, -0.1) is 11.7 Å². The summed E-state index contributed by atoms with van der Waals surface area (Å²) in [5, 5.41) is 57.4. The van der Waals surface area contributed by atoms with Crippen LogP contribution in [0.15, 0.2) is 18.2 Å². The number of hydrogen-bond acceptors (Lipinski definition) is 15. The van der Waals surface area contributed by atoms with Crippen molar-refractivity contribution in [2.45, 2.75) is 62.4 Å². The van der Waals surface area contributed by atoms with Gasteiger partial charge >= 0.3 is 6.09 Å². The molecule has 2 aliphatic carbocycles. The van der Waals surface area contributed by atoms with Gasteiger partial charge < -0.3 is 49.8 Å². The van der Waals surface area contributed by atoms with Crippen molar-refractivity contribution in [3.05, 3.63) is 51.6 Å². The van der Waals surface area contributed by atoms with Gasteiger partial charge in [-0.3, -0.25) is 14.4 Å². The zero-order valence-electron chi connectivity index (χ0n) is 24.7. The maximum atomic E-state index is 13.8. The number of hydrogen-bond donors (Lipinski definition) is 7. The van der Waals surface area contributed by atoms with E-state index in [-0.39, 0.29) is 41.0 Å². The molecule has 0 aromatic heterocycles. The Labute approximate surface area is 271 Å². The Balaban J connectivity index is 1.56. The number of carbonyl (C=O) groups excluding carboxylic acids is 4. The number of rotatable bonds is 9. The van der Waals surface area contributed by atoms with Gasteiger partial charge in [0.1, 0.15) is 42.2 Å². The van der Waals surface area contributed by atoms with Crippen LogP contribution in [0.4, 0.5) is 4.79 Å². The molecular weight excluding hydrogens is 646 g/mol. The Morgan fingerprint density at radius 1 is 1.15 bits per heavy atom. The number of aliphatic hydroxyl groups excluding tert-OH is 2. The summed E-state index contributed by atoms with van der Waals surface area (Å²) in [5.74, 6) is -3.60. The standard InChI is InChI=1S/C30H33NO13S2/c1-12-24(34)15(31-29(39)42-6-7-46-45)8-19(43-12)44-17-10-30(40,18(33)11-32)9-14-21(17)28(38)23-22(26(14)36)25(35)13-4-3-5-16(41-2)20(13)27(23)37/h3-5,12,15,17,19,24,32,34,36,38,40,45H,6-11H2,1-2H3,(H,31,39)/t12-,15-,17-,19-,24+,30-/m0/s1. The van der Waals surface area contributed by atoms with E-state index in [1.165, 1.54) is 43.0 Å². The fourth-order valence-electron chi connectivity index (χ4n) is 6.22. The molecule has 1 fully saturated rings. The van der Waals surface area contributed by atoms with E-state index in [1.54, 1.807) is 0 Å². The SMILES string of the molecule is COc1cccc2c1C(=O)c1c(O)c3c(c(O)c1C2=O)C[C@@](O)(C(=O)CO)C[C@@H]3O[C@H]1C[C@H](NC(=O)OCCSS)[C@H](O)[C@H](C)O1. The summed E-state index contributed by atoms with van der Waals surface area (Å²) in [6.45, 7) is 0.520. The average molecular weight is 680 g/mol. The molecule has 16 heteroatoms. The molecule has 248 valence electrons. The van der Waals surface area contributed by atoms with E-state index >= 15 is 0 Å². The molecule has 1 amide bonds. The molecule has 0 unspecified atom stereocenters. The molecule has 1 heterocycles. The molecule has 5 rings (SSSR count). The van der Waals surface area contributed by atoms with E-state index in [0.29, 0.717) is 5.75 Å². The zero-order valence-corrected chi connectivity index (χ0v) is 26.4. The second-order valence-electron chi connectivity index (χ2n) is 11.2. The summed E-state index contributed by atoms with van der Waals surface area (Å²) >= 11 is 3.98. The summed E-state index contributed by atoms with van der Waals surface area (Å²) in [6, 6.07) is 3.38. The summed E-state index contributed by atoms with van der Waals surface area (Å²) in [5.41, 5.74) is -3.98. The van der Waals surface area contributed by atoms with Crippen LogP contribution in [0.25, 0.3) is 0 Å². The number of phenols is 2. The predicted molar refractivity (Wildman–Crippen MR) is 163 cm³/mol. The van der Waals surface area contributed by atoms with Crippen molar-refractivity contribution in [2.24, 2.45) is 0 Å². The quantitative estimate of drug-likeness (QED) is 0.0735. The first-order chi connectivity index (χ1) is 21.9. The minimum Gasteiger partial charge on any atom is -0.507 e. The molecule has 0 saturated carbocycles. The maximum Gasteiger partial charge on any atom is 0.407 e. The van der Waals surface area contributed by atoms with Crippen LogP contribution in [0.2, 0.25) is 0 Å². The summed E-state index contributed by atoms with van der Waals surface area (Å²) in [4.78, 5) is 52.5. The number of benzene rings is 2. The number of fused-ring (bicyclic) bond motifs is 3. The van der Waals surface area contributed by atoms with E-state index in [1.807, 2.05) is 0 Å². The van der Waals surface area contributed by atoms with Crippen LogP contribution in [-0.2, 0) is 25.4 Å². The minimum absolute atomic E-state index is 0.0653. The highest BCUT2D eigenvalue weighted by molar-refractivity contribution is 8.68. The molecule has 0 bridgehead atoms. The smallest absolute Gasteiger partial charge is 0.407 e. The van der Waals surface area contributed by atoms with Crippen LogP contribution in [0, 0.1) is 0 Å². The summed E-state index contributed by atoms with van der Waals surface area (Å²) in [7, 11) is 2.48. The van der Waals surface area contributed by atoms with Crippen molar-refractivity contribution in [2.75, 3.05) is 26.1 Å². The van der Waals surface area contributed by atoms with Gasteiger partial charge in [0.25, 0.3) is 0 Å². The first-order valence-corrected chi connectivity index (χ1v) is 16.3. The van der Waals surface area contributed by atoms with Crippen LogP contribution in [0.5, 0.6) is 17.2 Å². The van der Waals surface area contributed by atoms with E-state index in [2.05, 4.69) is 17.0 Å². The van der Waals surface area contributed by atoms with Crippen LogP contribution in [0.1, 0.15) is 68.8 Å². The highest BCUT2D eigenvalue weighted by Crippen LogP contribution is 2.52. The van der Waals surface area contributed by atoms with Gasteiger partial charge in [-0.05, 0) is 13.0 Å². The number of alkyl carbamates (subject to hydrolysis) is 1. The van der Waals surface area contributed by atoms with Crippen molar-refractivity contribution in [3.8, 4) is 17.2 Å². The molecule has 46 heavy (non-hydrogen) atoms. The highest BCUT2D eigenvalue weighted by atomic mass is 33.1. The van der Waals surface area contributed by atoms with Gasteiger partial charge in [0, 0.05) is 41.7 Å². The monoisotopic (exact) mass is 679 g/mol. The van der Waals surface area contributed by atoms with Gasteiger partial charge in [-0.2, -0.15) is 0 Å². The van der Waals surface area contributed by atoms with Crippen LogP contribution in [-0.4, -0.2) is 105 Å². The normalized spacial score (nSPS) is 26.9. The number of ether oxygens (including phenoxy) is 4. The number of nitrogens with one attached hydrogen (secondary N) is 1. The van der Waals surface area contributed by atoms with Crippen molar-refractivity contribution in [3.63, 3.8) is 0 Å². The Morgan fingerprint density at radius 3 is 2.54 bits per heavy atom. The lowest BCUT2D eigenvalue weighted by molar-refractivity contribution is -0.249. The number of aromatic hydroxyl groups is 2. The van der Waals surface area contributed by atoms with Crippen molar-refractivity contribution in [1.29, 1.82) is 0 Å². The summed E-state index contributed by atoms with van der Waals surface area (Å²) in [6.07, 6.45) is -6.88. The second kappa shape index (κ2) is 13.4. The van der Waals surface area contributed by atoms with Crippen molar-refractivity contribution >= 4 is 45.9 Å². The molecular formula is C30H33NO13S2. The number of ketones is 3. The summed E-state index contributed by atoms with van der Waals surface area (Å²) < 4.78 is 22.3. The third-order valence-corrected chi connectivity index (χ3v) is 9.37. The second-order valence-corrected chi connectivity index (χ2v) is 12.7. The Bertz CT molecular complexity index is 1580. The van der Waals surface area contributed by atoms with Gasteiger partial charge in [-0.1, -0.05) is 22.9 Å². The van der Waals surface area contributed by atoms with Crippen LogP contribution in [0.3, 0.4) is 0 Å². The molecule has 2 aromatic carbocycles. The molecule has 0 radical (unpaired) electrons. The molecule has 1 aliphatic heterocycles. The Morgan fingerprint density at radius 2 is 1.87 bits per heavy atom. The molecule has 6 N–H and O–H groups in total. The lowest BCUT2D eigenvalue weighted by Gasteiger charge is -2.42. The number of aliphatic hydroxyl groups is 3. The van der Waals surface area contributed by atoms with Crippen LogP contribution >= 0.6 is 22.5 Å². The topological polar surface area (TPSA) is 218 Å². The number of methoxy groups -OCH3 is 1. The van der Waals surface area contributed by atoms with E-state index in [4.69, 9.17) is 18.9 Å². The molecule has 6 atom stereocenters. The largest absolute Gasteiger partial charge is 0.507 e. The molecule has 3 aliphatic rings.